The molecule has 1 nitrogen and oxygen atoms in total. The molecule has 0 bridgehead atoms. The molecule has 1 aromatic carbocycles. The molecule has 0 aromatic heterocycles. The fourth-order valence-electron chi connectivity index (χ4n) is 2.46. The van der Waals surface area contributed by atoms with Gasteiger partial charge in [-0.1, -0.05) is 43.5 Å². The first-order chi connectivity index (χ1) is 7.53. The summed E-state index contributed by atoms with van der Waals surface area (Å²) in [6.07, 6.45) is 4.36. The molecule has 1 aromatic rings. The molecular weight excluding hydrogens is 220 g/mol. The third kappa shape index (κ3) is 2.01. The first-order valence-corrected chi connectivity index (χ1v) is 6.22. The molecule has 1 aliphatic carbocycles. The topological polar surface area (TPSA) is 17.1 Å². The van der Waals surface area contributed by atoms with Crippen molar-refractivity contribution in [1.29, 1.82) is 0 Å². The minimum absolute atomic E-state index is 0.154. The van der Waals surface area contributed by atoms with Gasteiger partial charge in [0.2, 0.25) is 0 Å². The Morgan fingerprint density at radius 2 is 1.94 bits per heavy atom. The molecule has 0 aliphatic heterocycles. The summed E-state index contributed by atoms with van der Waals surface area (Å²) in [6, 6.07) is 5.63. The molecule has 0 atom stereocenters. The predicted molar refractivity (Wildman–Crippen MR) is 67.1 cm³/mol. The highest BCUT2D eigenvalue weighted by Crippen LogP contribution is 2.40. The Balaban J connectivity index is 2.30. The van der Waals surface area contributed by atoms with Crippen LogP contribution in [0, 0.1) is 12.3 Å². The van der Waals surface area contributed by atoms with Gasteiger partial charge in [-0.25, -0.2) is 0 Å². The molecule has 1 saturated carbocycles. The number of benzene rings is 1. The van der Waals surface area contributed by atoms with Gasteiger partial charge in [0.25, 0.3) is 0 Å². The Bertz CT molecular complexity index is 417. The molecule has 0 spiro atoms. The zero-order valence-electron chi connectivity index (χ0n) is 9.85. The second kappa shape index (κ2) is 4.21. The second-order valence-electron chi connectivity index (χ2n) is 5.06. The van der Waals surface area contributed by atoms with Crippen molar-refractivity contribution in [2.75, 3.05) is 0 Å². The standard InChI is InChI=1S/C14H17ClO/c1-10-5-6-11(9-12(10)15)13(16)14(2)7-3-4-8-14/h5-6,9H,3-4,7-8H2,1-2H3. The number of carbonyl (C=O) groups is 1. The van der Waals surface area contributed by atoms with Crippen LogP contribution in [0.25, 0.3) is 0 Å². The van der Waals surface area contributed by atoms with Crippen LogP contribution in [0.4, 0.5) is 0 Å². The highest BCUT2D eigenvalue weighted by molar-refractivity contribution is 6.31. The summed E-state index contributed by atoms with van der Waals surface area (Å²) in [7, 11) is 0. The maximum Gasteiger partial charge on any atom is 0.168 e. The van der Waals surface area contributed by atoms with E-state index in [1.807, 2.05) is 25.1 Å². The summed E-state index contributed by atoms with van der Waals surface area (Å²) < 4.78 is 0. The van der Waals surface area contributed by atoms with Crippen molar-refractivity contribution in [3.8, 4) is 0 Å². The minimum atomic E-state index is -0.154. The monoisotopic (exact) mass is 236 g/mol. The number of ketones is 1. The quantitative estimate of drug-likeness (QED) is 0.695. The van der Waals surface area contributed by atoms with E-state index in [1.165, 1.54) is 12.8 Å². The number of rotatable bonds is 2. The van der Waals surface area contributed by atoms with Crippen molar-refractivity contribution in [3.63, 3.8) is 0 Å². The van der Waals surface area contributed by atoms with E-state index >= 15 is 0 Å². The van der Waals surface area contributed by atoms with Crippen molar-refractivity contribution in [1.82, 2.24) is 0 Å². The van der Waals surface area contributed by atoms with E-state index in [4.69, 9.17) is 11.6 Å². The van der Waals surface area contributed by atoms with Gasteiger partial charge in [-0.2, -0.15) is 0 Å². The molecule has 16 heavy (non-hydrogen) atoms. The van der Waals surface area contributed by atoms with Crippen LogP contribution in [0.15, 0.2) is 18.2 Å². The normalized spacial score (nSPS) is 18.7. The summed E-state index contributed by atoms with van der Waals surface area (Å²) in [4.78, 5) is 12.4. The minimum Gasteiger partial charge on any atom is -0.294 e. The molecule has 86 valence electrons. The van der Waals surface area contributed by atoms with Crippen LogP contribution in [0.3, 0.4) is 0 Å². The van der Waals surface area contributed by atoms with Gasteiger partial charge in [-0.15, -0.1) is 0 Å². The molecule has 0 saturated heterocycles. The largest absolute Gasteiger partial charge is 0.294 e. The Morgan fingerprint density at radius 1 is 1.31 bits per heavy atom. The van der Waals surface area contributed by atoms with Gasteiger partial charge < -0.3 is 0 Å². The number of Topliss-reactive ketones (excluding diaryl/α,β-unsaturated/α-hetero) is 1. The molecule has 2 rings (SSSR count). The van der Waals surface area contributed by atoms with Crippen LogP contribution >= 0.6 is 11.6 Å². The van der Waals surface area contributed by atoms with Gasteiger partial charge in [0.1, 0.15) is 0 Å². The molecule has 0 amide bonds. The highest BCUT2D eigenvalue weighted by atomic mass is 35.5. The lowest BCUT2D eigenvalue weighted by Gasteiger charge is -2.21. The SMILES string of the molecule is Cc1ccc(C(=O)C2(C)CCCC2)cc1Cl. The van der Waals surface area contributed by atoms with Crippen LogP contribution in [0.2, 0.25) is 5.02 Å². The number of carbonyl (C=O) groups excluding carboxylic acids is 1. The van der Waals surface area contributed by atoms with Gasteiger partial charge in [0.05, 0.1) is 0 Å². The zero-order chi connectivity index (χ0) is 11.8. The van der Waals surface area contributed by atoms with E-state index in [9.17, 15) is 4.79 Å². The van der Waals surface area contributed by atoms with Crippen LogP contribution in [-0.4, -0.2) is 5.78 Å². The van der Waals surface area contributed by atoms with Crippen molar-refractivity contribution in [2.45, 2.75) is 39.5 Å². The Hall–Kier alpha value is -0.820. The molecular formula is C14H17ClO. The van der Waals surface area contributed by atoms with Crippen LogP contribution in [0.5, 0.6) is 0 Å². The van der Waals surface area contributed by atoms with Crippen molar-refractivity contribution >= 4 is 17.4 Å². The van der Waals surface area contributed by atoms with Gasteiger partial charge >= 0.3 is 0 Å². The molecule has 0 unspecified atom stereocenters. The molecule has 0 N–H and O–H groups in total. The van der Waals surface area contributed by atoms with Gasteiger partial charge in [-0.3, -0.25) is 4.79 Å². The predicted octanol–water partition coefficient (Wildman–Crippen LogP) is 4.41. The Labute approximate surface area is 102 Å². The summed E-state index contributed by atoms with van der Waals surface area (Å²) in [5.41, 5.74) is 1.63. The third-order valence-electron chi connectivity index (χ3n) is 3.69. The molecule has 1 fully saturated rings. The summed E-state index contributed by atoms with van der Waals surface area (Å²) in [5, 5.41) is 0.687. The number of halogens is 1. The van der Waals surface area contributed by atoms with Crippen LogP contribution in [-0.2, 0) is 0 Å². The Kier molecular flexibility index (Phi) is 3.07. The summed E-state index contributed by atoms with van der Waals surface area (Å²) >= 11 is 6.06. The van der Waals surface area contributed by atoms with Crippen LogP contribution < -0.4 is 0 Å². The fraction of sp³-hybridized carbons (Fsp3) is 0.500. The molecule has 0 heterocycles. The lowest BCUT2D eigenvalue weighted by Crippen LogP contribution is -2.24. The molecule has 0 radical (unpaired) electrons. The van der Waals surface area contributed by atoms with Crippen molar-refractivity contribution in [2.24, 2.45) is 5.41 Å². The molecule has 1 aliphatic rings. The average molecular weight is 237 g/mol. The average Bonchev–Trinajstić information content (AvgIpc) is 2.70. The Morgan fingerprint density at radius 3 is 2.50 bits per heavy atom. The van der Waals surface area contributed by atoms with Gasteiger partial charge in [0.15, 0.2) is 5.78 Å². The lowest BCUT2D eigenvalue weighted by molar-refractivity contribution is 0.0823. The van der Waals surface area contributed by atoms with Crippen LogP contribution in [0.1, 0.15) is 48.5 Å². The van der Waals surface area contributed by atoms with E-state index in [0.29, 0.717) is 5.02 Å². The van der Waals surface area contributed by atoms with Gasteiger partial charge in [0, 0.05) is 16.0 Å². The zero-order valence-corrected chi connectivity index (χ0v) is 10.6. The van der Waals surface area contributed by atoms with E-state index in [2.05, 4.69) is 6.92 Å². The summed E-state index contributed by atoms with van der Waals surface area (Å²) in [6.45, 7) is 4.03. The van der Waals surface area contributed by atoms with E-state index < -0.39 is 0 Å². The van der Waals surface area contributed by atoms with Crippen molar-refractivity contribution < 1.29 is 4.79 Å². The molecule has 2 heteroatoms. The smallest absolute Gasteiger partial charge is 0.168 e. The first-order valence-electron chi connectivity index (χ1n) is 5.84. The maximum absolute atomic E-state index is 12.4. The van der Waals surface area contributed by atoms with Gasteiger partial charge in [-0.05, 0) is 31.4 Å². The maximum atomic E-state index is 12.4. The number of hydrogen-bond acceptors (Lipinski definition) is 1. The number of aryl methyl sites for hydroxylation is 1. The third-order valence-corrected chi connectivity index (χ3v) is 4.10. The van der Waals surface area contributed by atoms with E-state index in [0.717, 1.165) is 24.0 Å². The second-order valence-corrected chi connectivity index (χ2v) is 5.47. The lowest BCUT2D eigenvalue weighted by atomic mass is 9.81. The fourth-order valence-corrected chi connectivity index (χ4v) is 2.65. The van der Waals surface area contributed by atoms with E-state index in [1.54, 1.807) is 0 Å². The van der Waals surface area contributed by atoms with Crippen molar-refractivity contribution in [3.05, 3.63) is 34.3 Å². The van der Waals surface area contributed by atoms with E-state index in [-0.39, 0.29) is 11.2 Å². The highest BCUT2D eigenvalue weighted by Gasteiger charge is 2.36. The number of hydrogen-bond donors (Lipinski definition) is 0. The summed E-state index contributed by atoms with van der Waals surface area (Å²) in [5.74, 6) is 0.256. The first kappa shape index (κ1) is 11.7.